The summed E-state index contributed by atoms with van der Waals surface area (Å²) in [5, 5.41) is 13.2. The number of hydrazone groups is 2. The Morgan fingerprint density at radius 2 is 1.57 bits per heavy atom. The molecule has 158 valence electrons. The van der Waals surface area contributed by atoms with E-state index in [4.69, 9.17) is 34.6 Å². The first kappa shape index (κ1) is 23.8. The second-order valence-electron chi connectivity index (χ2n) is 7.21. The zero-order valence-corrected chi connectivity index (χ0v) is 19.7. The van der Waals surface area contributed by atoms with Gasteiger partial charge in [-0.25, -0.2) is 0 Å². The molecule has 0 heterocycles. The number of hydrogen-bond acceptors (Lipinski definition) is 4. The molecule has 30 heavy (non-hydrogen) atoms. The monoisotopic (exact) mass is 438 g/mol. The molecule has 1 aromatic rings. The third kappa shape index (κ3) is 7.43. The summed E-state index contributed by atoms with van der Waals surface area (Å²) < 4.78 is 0. The summed E-state index contributed by atoms with van der Waals surface area (Å²) in [4.78, 5) is 1.43. The lowest BCUT2D eigenvalue weighted by Crippen LogP contribution is -2.24. The maximum absolute atomic E-state index is 5.60. The van der Waals surface area contributed by atoms with Crippen LogP contribution in [0.2, 0.25) is 0 Å². The van der Waals surface area contributed by atoms with Crippen molar-refractivity contribution in [2.75, 3.05) is 14.1 Å². The van der Waals surface area contributed by atoms with Gasteiger partial charge in [-0.2, -0.15) is 10.2 Å². The third-order valence-corrected chi connectivity index (χ3v) is 5.80. The number of hydrogen-bond donors (Lipinski definition) is 0. The molecule has 0 radical (unpaired) electrons. The van der Waals surface area contributed by atoms with Crippen molar-refractivity contribution in [3.63, 3.8) is 0 Å². The highest BCUT2D eigenvalue weighted by Crippen LogP contribution is 2.16. The largest absolute Gasteiger partial charge is 0.258 e. The Balaban J connectivity index is 2.11. The van der Waals surface area contributed by atoms with Crippen molar-refractivity contribution in [2.24, 2.45) is 10.2 Å². The van der Waals surface area contributed by atoms with Crippen molar-refractivity contribution in [1.29, 1.82) is 0 Å². The molecule has 2 rings (SSSR count). The summed E-state index contributed by atoms with van der Waals surface area (Å²) in [5.41, 5.74) is 4.20. The van der Waals surface area contributed by atoms with Crippen LogP contribution in [0.1, 0.15) is 44.6 Å². The zero-order chi connectivity index (χ0) is 21.9. The minimum Gasteiger partial charge on any atom is -0.258 e. The summed E-state index contributed by atoms with van der Waals surface area (Å²) in [6.07, 6.45) is 12.4. The SMILES string of the molecule is C=C/C=C\C=C(/C)C(=S)N(C)/N=C1\CCCC/C(=N\N(C)C(=S)c2ccccc2)C1. The van der Waals surface area contributed by atoms with Crippen LogP contribution in [-0.2, 0) is 0 Å². The van der Waals surface area contributed by atoms with Gasteiger partial charge in [-0.05, 0) is 38.2 Å². The van der Waals surface area contributed by atoms with Gasteiger partial charge in [-0.15, -0.1) is 0 Å². The van der Waals surface area contributed by atoms with Crippen LogP contribution in [0, 0.1) is 0 Å². The molecule has 0 N–H and O–H groups in total. The predicted octanol–water partition coefficient (Wildman–Crippen LogP) is 5.92. The highest BCUT2D eigenvalue weighted by molar-refractivity contribution is 7.80. The van der Waals surface area contributed by atoms with Crippen LogP contribution in [0.25, 0.3) is 0 Å². The van der Waals surface area contributed by atoms with E-state index in [1.165, 1.54) is 0 Å². The van der Waals surface area contributed by atoms with Crippen LogP contribution in [-0.4, -0.2) is 45.5 Å². The van der Waals surface area contributed by atoms with Crippen molar-refractivity contribution in [3.05, 3.63) is 72.4 Å². The van der Waals surface area contributed by atoms with Gasteiger partial charge in [0.05, 0.1) is 0 Å². The Morgan fingerprint density at radius 1 is 0.967 bits per heavy atom. The van der Waals surface area contributed by atoms with Gasteiger partial charge in [-0.3, -0.25) is 10.0 Å². The Kier molecular flexibility index (Phi) is 9.77. The van der Waals surface area contributed by atoms with E-state index in [9.17, 15) is 0 Å². The Labute approximate surface area is 191 Å². The predicted molar refractivity (Wildman–Crippen MR) is 137 cm³/mol. The van der Waals surface area contributed by atoms with Gasteiger partial charge < -0.3 is 0 Å². The highest BCUT2D eigenvalue weighted by atomic mass is 32.1. The fraction of sp³-hybridized carbons (Fsp3) is 0.333. The first-order chi connectivity index (χ1) is 14.4. The van der Waals surface area contributed by atoms with E-state index in [2.05, 4.69) is 6.58 Å². The van der Waals surface area contributed by atoms with Gasteiger partial charge >= 0.3 is 0 Å². The summed E-state index contributed by atoms with van der Waals surface area (Å²) in [6, 6.07) is 9.98. The van der Waals surface area contributed by atoms with Crippen molar-refractivity contribution in [1.82, 2.24) is 10.0 Å². The van der Waals surface area contributed by atoms with Gasteiger partial charge in [0.15, 0.2) is 0 Å². The van der Waals surface area contributed by atoms with Crippen LogP contribution >= 0.6 is 24.4 Å². The molecule has 1 aliphatic rings. The van der Waals surface area contributed by atoms with E-state index in [0.29, 0.717) is 4.99 Å². The van der Waals surface area contributed by atoms with Gasteiger partial charge in [0.1, 0.15) is 9.98 Å². The molecule has 0 aliphatic heterocycles. The van der Waals surface area contributed by atoms with Gasteiger partial charge in [0, 0.05) is 37.5 Å². The molecule has 0 saturated heterocycles. The lowest BCUT2D eigenvalue weighted by Gasteiger charge is -2.18. The molecule has 6 heteroatoms. The highest BCUT2D eigenvalue weighted by Gasteiger charge is 2.16. The molecule has 4 nitrogen and oxygen atoms in total. The van der Waals surface area contributed by atoms with E-state index in [1.807, 2.05) is 69.6 Å². The number of likely N-dealkylation sites (N-methyl/N-ethyl adjacent to an activating group) is 1. The van der Waals surface area contributed by atoms with Crippen LogP contribution < -0.4 is 0 Å². The number of benzene rings is 1. The minimum absolute atomic E-state index is 0.710. The fourth-order valence-corrected chi connectivity index (χ4v) is 3.41. The number of thiocarbonyl (C=S) groups is 2. The number of rotatable bonds is 6. The molecule has 1 fully saturated rings. The number of nitrogens with zero attached hydrogens (tertiary/aromatic N) is 4. The maximum atomic E-state index is 5.60. The minimum atomic E-state index is 0.710. The Bertz CT molecular complexity index is 882. The van der Waals surface area contributed by atoms with E-state index in [-0.39, 0.29) is 0 Å². The molecule has 0 amide bonds. The van der Waals surface area contributed by atoms with Crippen LogP contribution in [0.15, 0.2) is 77.0 Å². The average molecular weight is 439 g/mol. The molecule has 1 aromatic carbocycles. The molecule has 1 aliphatic carbocycles. The van der Waals surface area contributed by atoms with Crippen LogP contribution in [0.3, 0.4) is 0 Å². The topological polar surface area (TPSA) is 31.2 Å². The second kappa shape index (κ2) is 12.3. The maximum Gasteiger partial charge on any atom is 0.129 e. The van der Waals surface area contributed by atoms with Crippen LogP contribution in [0.5, 0.6) is 0 Å². The lowest BCUT2D eigenvalue weighted by atomic mass is 10.1. The molecule has 0 spiro atoms. The summed E-state index contributed by atoms with van der Waals surface area (Å²) >= 11 is 11.2. The van der Waals surface area contributed by atoms with E-state index in [1.54, 1.807) is 16.1 Å². The molecule has 0 atom stereocenters. The second-order valence-corrected chi connectivity index (χ2v) is 7.98. The normalized spacial score (nSPS) is 17.8. The van der Waals surface area contributed by atoms with Gasteiger partial charge in [0.25, 0.3) is 0 Å². The molecular formula is C24H30N4S2. The Hall–Kier alpha value is -2.44. The summed E-state index contributed by atoms with van der Waals surface area (Å²) in [5.74, 6) is 0. The molecular weight excluding hydrogens is 408 g/mol. The molecule has 0 unspecified atom stereocenters. The fourth-order valence-electron chi connectivity index (χ4n) is 3.13. The molecule has 1 saturated carbocycles. The zero-order valence-electron chi connectivity index (χ0n) is 18.0. The van der Waals surface area contributed by atoms with Gasteiger partial charge in [-0.1, -0.05) is 85.7 Å². The van der Waals surface area contributed by atoms with Crippen molar-refractivity contribution in [3.8, 4) is 0 Å². The van der Waals surface area contributed by atoms with Gasteiger partial charge in [0.2, 0.25) is 0 Å². The van der Waals surface area contributed by atoms with E-state index in [0.717, 1.165) is 59.7 Å². The third-order valence-electron chi connectivity index (χ3n) is 4.71. The average Bonchev–Trinajstić information content (AvgIpc) is 2.97. The quantitative estimate of drug-likeness (QED) is 0.181. The molecule has 0 bridgehead atoms. The van der Waals surface area contributed by atoms with Crippen LogP contribution in [0.4, 0.5) is 0 Å². The van der Waals surface area contributed by atoms with Crippen molar-refractivity contribution >= 4 is 45.8 Å². The smallest absolute Gasteiger partial charge is 0.129 e. The lowest BCUT2D eigenvalue weighted by molar-refractivity contribution is 0.547. The van der Waals surface area contributed by atoms with Crippen molar-refractivity contribution in [2.45, 2.75) is 39.0 Å². The van der Waals surface area contributed by atoms with E-state index < -0.39 is 0 Å². The first-order valence-corrected chi connectivity index (χ1v) is 10.9. The first-order valence-electron chi connectivity index (χ1n) is 10.1. The summed E-state index contributed by atoms with van der Waals surface area (Å²) in [7, 11) is 3.82. The van der Waals surface area contributed by atoms with E-state index >= 15 is 0 Å². The molecule has 0 aromatic heterocycles. The van der Waals surface area contributed by atoms with Crippen molar-refractivity contribution < 1.29 is 0 Å². The standard InChI is InChI=1S/C24H30N4S2/c1-5-6-8-13-19(2)23(29)27(3)25-21-16-11-12-17-22(18-21)26-28(4)24(30)20-14-9-7-10-15-20/h5-10,13-15H,1,11-12,16-18H2,2-4H3/b8-6-,19-13+,25-21+,26-22+. The Morgan fingerprint density at radius 3 is 2.17 bits per heavy atom. The number of allylic oxidation sites excluding steroid dienone is 4. The summed E-state index contributed by atoms with van der Waals surface area (Å²) in [6.45, 7) is 5.67.